The zero-order valence-corrected chi connectivity index (χ0v) is 28.6. The van der Waals surface area contributed by atoms with Gasteiger partial charge in [-0.2, -0.15) is 0 Å². The van der Waals surface area contributed by atoms with E-state index in [1.807, 2.05) is 31.2 Å². The standard InChI is InChI=1S/C36H40N4O11/c1-20(2)35-36(49-19-30(42)38-11-10-37-29(41)9-13-47-14-12-40-31(43)7-8-32(40)44)23-15-21(5-6-24(23)50-35)34-33-22-16-26(45-3)27(46-4)17-25(22)48-18-28(33)51-39-34/h5-8,15-17,28,33,35-36H,1,9-14,18-19H2,2-4H3,(H,37,41)(H,38,42)/t28?,33?,35-,36?/m0/s1. The number of rotatable bonds is 16. The Bertz CT molecular complexity index is 1760. The van der Waals surface area contributed by atoms with Crippen LogP contribution in [0, 0.1) is 0 Å². The largest absolute Gasteiger partial charge is 0.493 e. The maximum absolute atomic E-state index is 12.7. The molecular weight excluding hydrogens is 664 g/mol. The number of fused-ring (bicyclic) bond motifs is 4. The van der Waals surface area contributed by atoms with E-state index in [9.17, 15) is 19.2 Å². The summed E-state index contributed by atoms with van der Waals surface area (Å²) >= 11 is 0. The molecule has 0 fully saturated rings. The lowest BCUT2D eigenvalue weighted by molar-refractivity contribution is -0.138. The number of benzene rings is 2. The number of nitrogens with one attached hydrogen (secondary N) is 2. The van der Waals surface area contributed by atoms with Crippen molar-refractivity contribution in [2.24, 2.45) is 5.16 Å². The molecular formula is C36H40N4O11. The van der Waals surface area contributed by atoms with E-state index >= 15 is 0 Å². The monoisotopic (exact) mass is 704 g/mol. The molecule has 4 atom stereocenters. The average Bonchev–Trinajstić information content (AvgIpc) is 3.83. The number of carbonyl (C=O) groups is 4. The van der Waals surface area contributed by atoms with Crippen LogP contribution in [0.1, 0.15) is 42.1 Å². The van der Waals surface area contributed by atoms with Gasteiger partial charge >= 0.3 is 0 Å². The smallest absolute Gasteiger partial charge is 0.253 e. The fourth-order valence-corrected chi connectivity index (χ4v) is 6.26. The molecule has 2 aromatic rings. The molecule has 2 N–H and O–H groups in total. The van der Waals surface area contributed by atoms with Gasteiger partial charge in [-0.15, -0.1) is 0 Å². The zero-order valence-electron chi connectivity index (χ0n) is 28.6. The highest BCUT2D eigenvalue weighted by Crippen LogP contribution is 2.47. The van der Waals surface area contributed by atoms with Crippen LogP contribution in [-0.2, 0) is 33.5 Å². The fourth-order valence-electron chi connectivity index (χ4n) is 6.26. The van der Waals surface area contributed by atoms with Crippen LogP contribution >= 0.6 is 0 Å². The molecule has 0 saturated carbocycles. The van der Waals surface area contributed by atoms with Gasteiger partial charge in [0.05, 0.1) is 45.6 Å². The van der Waals surface area contributed by atoms with Gasteiger partial charge in [0, 0.05) is 54.4 Å². The SMILES string of the molecule is C=C(C)[C@@H]1Oc2ccc(C3=NOC4COc5cc(OC)c(OC)cc5C34)cc2C1OCC(=O)NCCNC(=O)CCOCCN1C(=O)C=CC1=O. The van der Waals surface area contributed by atoms with Gasteiger partial charge in [-0.3, -0.25) is 24.1 Å². The van der Waals surface area contributed by atoms with Crippen molar-refractivity contribution in [1.29, 1.82) is 0 Å². The minimum Gasteiger partial charge on any atom is -0.493 e. The van der Waals surface area contributed by atoms with Gasteiger partial charge in [-0.1, -0.05) is 11.7 Å². The molecule has 4 aliphatic rings. The lowest BCUT2D eigenvalue weighted by atomic mass is 9.83. The second kappa shape index (κ2) is 15.6. The summed E-state index contributed by atoms with van der Waals surface area (Å²) in [7, 11) is 3.15. The second-order valence-electron chi connectivity index (χ2n) is 12.2. The quantitative estimate of drug-likeness (QED) is 0.149. The molecule has 3 unspecified atom stereocenters. The van der Waals surface area contributed by atoms with Crippen molar-refractivity contribution in [3.8, 4) is 23.0 Å². The number of hydrogen-bond donors (Lipinski definition) is 2. The van der Waals surface area contributed by atoms with E-state index < -0.39 is 12.2 Å². The number of amides is 4. The Morgan fingerprint density at radius 1 is 0.961 bits per heavy atom. The fraction of sp³-hybridized carbons (Fsp3) is 0.417. The van der Waals surface area contributed by atoms with Gasteiger partial charge in [0.15, 0.2) is 17.6 Å². The Hall–Kier alpha value is -5.41. The van der Waals surface area contributed by atoms with Crippen LogP contribution in [0.3, 0.4) is 0 Å². The predicted octanol–water partition coefficient (Wildman–Crippen LogP) is 1.94. The molecule has 4 aliphatic heterocycles. The zero-order chi connectivity index (χ0) is 36.1. The Morgan fingerprint density at radius 2 is 1.69 bits per heavy atom. The Labute approximate surface area is 294 Å². The molecule has 4 heterocycles. The summed E-state index contributed by atoms with van der Waals surface area (Å²) in [5, 5.41) is 9.92. The molecule has 0 aliphatic carbocycles. The van der Waals surface area contributed by atoms with Crippen LogP contribution in [0.2, 0.25) is 0 Å². The van der Waals surface area contributed by atoms with Crippen molar-refractivity contribution in [3.63, 3.8) is 0 Å². The number of ether oxygens (including phenoxy) is 6. The molecule has 4 amide bonds. The van der Waals surface area contributed by atoms with E-state index in [0.29, 0.717) is 29.6 Å². The first kappa shape index (κ1) is 35.4. The first-order valence-electron chi connectivity index (χ1n) is 16.5. The Kier molecular flexibility index (Phi) is 10.9. The van der Waals surface area contributed by atoms with E-state index in [0.717, 1.165) is 32.9 Å². The van der Waals surface area contributed by atoms with E-state index in [2.05, 4.69) is 22.4 Å². The normalized spacial score (nSPS) is 21.1. The summed E-state index contributed by atoms with van der Waals surface area (Å²) in [6, 6.07) is 9.41. The molecule has 51 heavy (non-hydrogen) atoms. The van der Waals surface area contributed by atoms with Crippen molar-refractivity contribution < 1.29 is 52.4 Å². The van der Waals surface area contributed by atoms with E-state index in [4.69, 9.17) is 33.3 Å². The van der Waals surface area contributed by atoms with Gasteiger partial charge < -0.3 is 43.9 Å². The van der Waals surface area contributed by atoms with Gasteiger partial charge in [0.25, 0.3) is 11.8 Å². The van der Waals surface area contributed by atoms with Crippen LogP contribution in [0.4, 0.5) is 0 Å². The topological polar surface area (TPSA) is 173 Å². The van der Waals surface area contributed by atoms with Crippen LogP contribution in [0.15, 0.2) is 59.8 Å². The molecule has 0 bridgehead atoms. The molecule has 0 radical (unpaired) electrons. The number of imide groups is 1. The van der Waals surface area contributed by atoms with Crippen molar-refractivity contribution in [3.05, 3.63) is 71.3 Å². The third-order valence-electron chi connectivity index (χ3n) is 8.83. The summed E-state index contributed by atoms with van der Waals surface area (Å²) in [5.74, 6) is 0.810. The average molecular weight is 705 g/mol. The Balaban J connectivity index is 1.00. The number of oxime groups is 1. The first-order chi connectivity index (χ1) is 24.7. The molecule has 0 aromatic heterocycles. The minimum absolute atomic E-state index is 0.0890. The van der Waals surface area contributed by atoms with Gasteiger partial charge in [-0.25, -0.2) is 0 Å². The molecule has 0 saturated heterocycles. The lowest BCUT2D eigenvalue weighted by Gasteiger charge is -2.28. The molecule has 6 rings (SSSR count). The third-order valence-corrected chi connectivity index (χ3v) is 8.83. The van der Waals surface area contributed by atoms with Crippen LogP contribution in [0.25, 0.3) is 0 Å². The van der Waals surface area contributed by atoms with E-state index in [1.54, 1.807) is 20.3 Å². The maximum atomic E-state index is 12.7. The van der Waals surface area contributed by atoms with Crippen LogP contribution in [0.5, 0.6) is 23.0 Å². The predicted molar refractivity (Wildman–Crippen MR) is 181 cm³/mol. The number of methoxy groups -OCH3 is 2. The number of carbonyl (C=O) groups excluding carboxylic acids is 4. The van der Waals surface area contributed by atoms with Crippen LogP contribution in [-0.4, -0.2) is 107 Å². The van der Waals surface area contributed by atoms with Crippen molar-refractivity contribution in [2.75, 3.05) is 60.3 Å². The molecule has 2 aromatic carbocycles. The summed E-state index contributed by atoms with van der Waals surface area (Å²) in [6.45, 7) is 6.76. The second-order valence-corrected chi connectivity index (χ2v) is 12.2. The first-order valence-corrected chi connectivity index (χ1v) is 16.5. The summed E-state index contributed by atoms with van der Waals surface area (Å²) < 4.78 is 34.7. The van der Waals surface area contributed by atoms with E-state index in [1.165, 1.54) is 12.2 Å². The minimum atomic E-state index is -0.606. The highest BCUT2D eigenvalue weighted by atomic mass is 16.7. The van der Waals surface area contributed by atoms with Gasteiger partial charge in [-0.05, 0) is 36.8 Å². The van der Waals surface area contributed by atoms with Gasteiger partial charge in [0.2, 0.25) is 11.8 Å². The van der Waals surface area contributed by atoms with E-state index in [-0.39, 0.29) is 81.5 Å². The van der Waals surface area contributed by atoms with Crippen molar-refractivity contribution in [2.45, 2.75) is 37.6 Å². The summed E-state index contributed by atoms with van der Waals surface area (Å²) in [4.78, 5) is 54.8. The van der Waals surface area contributed by atoms with Crippen LogP contribution < -0.4 is 29.6 Å². The van der Waals surface area contributed by atoms with Crippen molar-refractivity contribution in [1.82, 2.24) is 15.5 Å². The lowest BCUT2D eigenvalue weighted by Crippen LogP contribution is -2.37. The van der Waals surface area contributed by atoms with Gasteiger partial charge in [0.1, 0.15) is 36.9 Å². The summed E-state index contributed by atoms with van der Waals surface area (Å²) in [6.07, 6.45) is 1.06. The maximum Gasteiger partial charge on any atom is 0.253 e. The number of hydrogen-bond acceptors (Lipinski definition) is 12. The highest BCUT2D eigenvalue weighted by molar-refractivity contribution is 6.12. The number of nitrogens with zero attached hydrogens (tertiary/aromatic N) is 2. The highest BCUT2D eigenvalue weighted by Gasteiger charge is 2.43. The molecule has 15 nitrogen and oxygen atoms in total. The molecule has 15 heteroatoms. The molecule has 270 valence electrons. The Morgan fingerprint density at radius 3 is 2.41 bits per heavy atom. The third kappa shape index (κ3) is 7.68. The molecule has 0 spiro atoms. The summed E-state index contributed by atoms with van der Waals surface area (Å²) in [5.41, 5.74) is 3.89. The van der Waals surface area contributed by atoms with Crippen molar-refractivity contribution >= 4 is 29.3 Å².